The van der Waals surface area contributed by atoms with Crippen LogP contribution in [-0.4, -0.2) is 31.0 Å². The van der Waals surface area contributed by atoms with E-state index in [-0.39, 0.29) is 11.7 Å². The number of alkyl halides is 1. The summed E-state index contributed by atoms with van der Waals surface area (Å²) in [6, 6.07) is 2.03. The zero-order valence-electron chi connectivity index (χ0n) is 9.64. The van der Waals surface area contributed by atoms with Crippen molar-refractivity contribution in [3.63, 3.8) is 0 Å². The van der Waals surface area contributed by atoms with E-state index in [1.807, 2.05) is 0 Å². The average molecular weight is 300 g/mol. The van der Waals surface area contributed by atoms with Gasteiger partial charge in [-0.05, 0) is 12.8 Å². The van der Waals surface area contributed by atoms with Crippen molar-refractivity contribution in [3.05, 3.63) is 22.9 Å². The maximum Gasteiger partial charge on any atom is 0.348 e. The molecule has 0 spiro atoms. The Labute approximate surface area is 107 Å². The lowest BCUT2D eigenvalue weighted by molar-refractivity contribution is 0.570. The van der Waals surface area contributed by atoms with Gasteiger partial charge in [-0.15, -0.1) is 0 Å². The summed E-state index contributed by atoms with van der Waals surface area (Å²) >= 11 is 3.45. The van der Waals surface area contributed by atoms with Crippen LogP contribution >= 0.6 is 15.9 Å². The van der Waals surface area contributed by atoms with Gasteiger partial charge < -0.3 is 5.32 Å². The minimum atomic E-state index is -0.277. The van der Waals surface area contributed by atoms with Gasteiger partial charge in [-0.25, -0.2) is 19.3 Å². The minimum Gasteiger partial charge on any atom is -0.367 e. The number of aromatic amines is 1. The Kier molecular flexibility index (Phi) is 3.46. The minimum absolute atomic E-state index is 0.277. The number of anilines is 1. The normalized spacial score (nSPS) is 14.8. The molecule has 0 aliphatic heterocycles. The summed E-state index contributed by atoms with van der Waals surface area (Å²) in [5.41, 5.74) is 0.284. The number of H-pyrrole nitrogens is 1. The molecule has 2 aromatic heterocycles. The summed E-state index contributed by atoms with van der Waals surface area (Å²) in [4.78, 5) is 15.4. The summed E-state index contributed by atoms with van der Waals surface area (Å²) in [6.07, 6.45) is 1.47. The largest absolute Gasteiger partial charge is 0.367 e. The number of halogens is 1. The molecular weight excluding hydrogens is 286 g/mol. The van der Waals surface area contributed by atoms with Crippen LogP contribution in [0.5, 0.6) is 0 Å². The van der Waals surface area contributed by atoms with Gasteiger partial charge in [0.05, 0.1) is 0 Å². The van der Waals surface area contributed by atoms with Crippen LogP contribution in [0.3, 0.4) is 0 Å². The van der Waals surface area contributed by atoms with Gasteiger partial charge in [0.2, 0.25) is 0 Å². The lowest BCUT2D eigenvalue weighted by atomic mass is 10.1. The molecule has 17 heavy (non-hydrogen) atoms. The van der Waals surface area contributed by atoms with Crippen LogP contribution in [0.15, 0.2) is 17.2 Å². The van der Waals surface area contributed by atoms with Crippen molar-refractivity contribution >= 4 is 27.4 Å². The van der Waals surface area contributed by atoms with Crippen molar-refractivity contribution in [1.29, 1.82) is 0 Å². The fraction of sp³-hybridized carbons (Fsp3) is 0.500. The topological polar surface area (TPSA) is 75.1 Å². The van der Waals surface area contributed by atoms with Crippen LogP contribution in [-0.2, 0) is 0 Å². The molecule has 6 nitrogen and oxygen atoms in total. The van der Waals surface area contributed by atoms with Crippen LogP contribution in [0.1, 0.15) is 13.8 Å². The first kappa shape index (κ1) is 12.1. The standard InChI is InChI=1S/C10H14BrN5O/c1-6(4-11)7(2)13-8-3-9-14-15-10(17)16(9)5-12-8/h3,5-7,13H,4H2,1-2H3,(H,15,17). The number of fused-ring (bicyclic) bond motifs is 1. The summed E-state index contributed by atoms with van der Waals surface area (Å²) in [7, 11) is 0. The molecule has 2 aromatic rings. The Hall–Kier alpha value is -1.37. The molecule has 0 fully saturated rings. The van der Waals surface area contributed by atoms with E-state index in [0.29, 0.717) is 11.6 Å². The van der Waals surface area contributed by atoms with Crippen molar-refractivity contribution in [2.45, 2.75) is 19.9 Å². The summed E-state index contributed by atoms with van der Waals surface area (Å²) < 4.78 is 1.36. The Morgan fingerprint density at radius 2 is 2.35 bits per heavy atom. The second kappa shape index (κ2) is 4.87. The number of hydrogen-bond donors (Lipinski definition) is 2. The van der Waals surface area contributed by atoms with Gasteiger partial charge in [-0.2, -0.15) is 5.10 Å². The van der Waals surface area contributed by atoms with Crippen molar-refractivity contribution in [1.82, 2.24) is 19.6 Å². The lowest BCUT2D eigenvalue weighted by Gasteiger charge is -2.19. The van der Waals surface area contributed by atoms with Gasteiger partial charge in [-0.3, -0.25) is 0 Å². The van der Waals surface area contributed by atoms with Gasteiger partial charge in [0.1, 0.15) is 12.1 Å². The van der Waals surface area contributed by atoms with Gasteiger partial charge in [0.15, 0.2) is 5.65 Å². The van der Waals surface area contributed by atoms with E-state index in [0.717, 1.165) is 11.1 Å². The summed E-state index contributed by atoms with van der Waals surface area (Å²) in [5, 5.41) is 10.5. The zero-order chi connectivity index (χ0) is 12.4. The van der Waals surface area contributed by atoms with E-state index in [9.17, 15) is 4.79 Å². The molecule has 92 valence electrons. The first-order valence-corrected chi connectivity index (χ1v) is 6.49. The van der Waals surface area contributed by atoms with Gasteiger partial charge in [0, 0.05) is 17.4 Å². The lowest BCUT2D eigenvalue weighted by Crippen LogP contribution is -2.25. The third kappa shape index (κ3) is 2.49. The highest BCUT2D eigenvalue weighted by atomic mass is 79.9. The monoisotopic (exact) mass is 299 g/mol. The number of rotatable bonds is 4. The molecule has 0 saturated heterocycles. The molecule has 2 unspecified atom stereocenters. The van der Waals surface area contributed by atoms with Crippen molar-refractivity contribution in [2.24, 2.45) is 5.92 Å². The van der Waals surface area contributed by atoms with Gasteiger partial charge in [-0.1, -0.05) is 22.9 Å². The van der Waals surface area contributed by atoms with Crippen LogP contribution in [0.25, 0.3) is 5.65 Å². The smallest absolute Gasteiger partial charge is 0.348 e. The van der Waals surface area contributed by atoms with E-state index < -0.39 is 0 Å². The van der Waals surface area contributed by atoms with E-state index in [4.69, 9.17) is 0 Å². The molecule has 2 atom stereocenters. The van der Waals surface area contributed by atoms with Crippen LogP contribution in [0.4, 0.5) is 5.82 Å². The third-order valence-corrected chi connectivity index (χ3v) is 3.80. The van der Waals surface area contributed by atoms with Crippen molar-refractivity contribution in [3.8, 4) is 0 Å². The molecule has 2 N–H and O–H groups in total. The third-order valence-electron chi connectivity index (χ3n) is 2.78. The molecular formula is C10H14BrN5O. The maximum atomic E-state index is 11.2. The van der Waals surface area contributed by atoms with E-state index >= 15 is 0 Å². The number of nitrogens with one attached hydrogen (secondary N) is 2. The average Bonchev–Trinajstić information content (AvgIpc) is 2.69. The molecule has 0 radical (unpaired) electrons. The number of hydrogen-bond acceptors (Lipinski definition) is 4. The van der Waals surface area contributed by atoms with E-state index in [1.165, 1.54) is 10.7 Å². The van der Waals surface area contributed by atoms with Gasteiger partial charge in [0.25, 0.3) is 0 Å². The first-order valence-electron chi connectivity index (χ1n) is 5.37. The Bertz CT molecular complexity index is 563. The fourth-order valence-corrected chi connectivity index (χ4v) is 1.96. The van der Waals surface area contributed by atoms with Crippen molar-refractivity contribution < 1.29 is 0 Å². The van der Waals surface area contributed by atoms with Crippen LogP contribution in [0.2, 0.25) is 0 Å². The molecule has 0 bridgehead atoms. The molecule has 2 heterocycles. The second-order valence-electron chi connectivity index (χ2n) is 4.10. The first-order chi connectivity index (χ1) is 8.11. The highest BCUT2D eigenvalue weighted by Crippen LogP contribution is 2.12. The summed E-state index contributed by atoms with van der Waals surface area (Å²) in [5.74, 6) is 1.20. The molecule has 2 rings (SSSR count). The molecule has 0 aromatic carbocycles. The molecule has 0 amide bonds. The van der Waals surface area contributed by atoms with Crippen LogP contribution < -0.4 is 11.0 Å². The Morgan fingerprint density at radius 1 is 1.59 bits per heavy atom. The van der Waals surface area contributed by atoms with E-state index in [2.05, 4.69) is 50.3 Å². The molecule has 0 aliphatic rings. The zero-order valence-corrected chi connectivity index (χ0v) is 11.2. The van der Waals surface area contributed by atoms with Gasteiger partial charge >= 0.3 is 5.69 Å². The number of nitrogens with zero attached hydrogens (tertiary/aromatic N) is 3. The molecule has 7 heteroatoms. The predicted octanol–water partition coefficient (Wildman–Crippen LogP) is 1.25. The fourth-order valence-electron chi connectivity index (χ4n) is 1.40. The molecule has 0 aliphatic carbocycles. The number of aromatic nitrogens is 4. The maximum absolute atomic E-state index is 11.2. The Balaban J connectivity index is 2.22. The van der Waals surface area contributed by atoms with Crippen molar-refractivity contribution in [2.75, 3.05) is 10.6 Å². The Morgan fingerprint density at radius 3 is 3.06 bits per heavy atom. The molecule has 0 saturated carbocycles. The second-order valence-corrected chi connectivity index (χ2v) is 4.74. The van der Waals surface area contributed by atoms with E-state index in [1.54, 1.807) is 6.07 Å². The van der Waals surface area contributed by atoms with Crippen LogP contribution in [0, 0.1) is 5.92 Å². The quantitative estimate of drug-likeness (QED) is 0.833. The summed E-state index contributed by atoms with van der Waals surface area (Å²) in [6.45, 7) is 4.23. The highest BCUT2D eigenvalue weighted by molar-refractivity contribution is 9.09. The highest BCUT2D eigenvalue weighted by Gasteiger charge is 2.11. The predicted molar refractivity (Wildman–Crippen MR) is 69.7 cm³/mol. The SMILES string of the molecule is CC(CBr)C(C)Nc1cc2n[nH]c(=O)n2cn1.